The molecule has 128 valence electrons. The predicted molar refractivity (Wildman–Crippen MR) is 91.8 cm³/mol. The second kappa shape index (κ2) is 6.27. The van der Waals surface area contributed by atoms with Gasteiger partial charge in [0.2, 0.25) is 5.91 Å². The van der Waals surface area contributed by atoms with Crippen LogP contribution in [-0.4, -0.2) is 45.3 Å². The minimum Gasteiger partial charge on any atom is -0.350 e. The third-order valence-electron chi connectivity index (χ3n) is 5.36. The van der Waals surface area contributed by atoms with Crippen molar-refractivity contribution in [2.24, 2.45) is 0 Å². The fourth-order valence-corrected chi connectivity index (χ4v) is 4.05. The molecule has 2 amide bonds. The summed E-state index contributed by atoms with van der Waals surface area (Å²) < 4.78 is 0. The van der Waals surface area contributed by atoms with Gasteiger partial charge in [0.25, 0.3) is 5.91 Å². The van der Waals surface area contributed by atoms with Gasteiger partial charge in [0.1, 0.15) is 5.69 Å². The summed E-state index contributed by atoms with van der Waals surface area (Å²) in [5.41, 5.74) is 1.28. The van der Waals surface area contributed by atoms with Gasteiger partial charge in [-0.25, -0.2) is 0 Å². The Morgan fingerprint density at radius 1 is 1.16 bits per heavy atom. The number of carbonyl (C=O) groups excluding carboxylic acids is 2. The summed E-state index contributed by atoms with van der Waals surface area (Å²) in [6.07, 6.45) is 7.20. The smallest absolute Gasteiger partial charge is 0.272 e. The van der Waals surface area contributed by atoms with Gasteiger partial charge in [0.15, 0.2) is 0 Å². The zero-order chi connectivity index (χ0) is 17.3. The predicted octanol–water partition coefficient (Wildman–Crippen LogP) is 1.76. The Morgan fingerprint density at radius 2 is 2.00 bits per heavy atom. The Labute approximate surface area is 146 Å². The number of hydrogen-bond acceptors (Lipinski definition) is 4. The van der Waals surface area contributed by atoms with E-state index in [1.54, 1.807) is 24.5 Å². The van der Waals surface area contributed by atoms with E-state index in [2.05, 4.69) is 15.3 Å². The number of amides is 2. The van der Waals surface area contributed by atoms with Gasteiger partial charge in [-0.3, -0.25) is 19.6 Å². The van der Waals surface area contributed by atoms with Crippen LogP contribution in [0, 0.1) is 0 Å². The number of nitrogens with one attached hydrogen (secondary N) is 1. The standard InChI is InChI=1S/C19H20N4O2/c24-17-12-15(14-4-3-8-20-13-14)19(22-17)6-10-23(11-7-19)18(25)16-5-1-2-9-21-16/h1-5,8-9,13,15H,6-7,10-12H2,(H,22,24)/t15-/m0/s1. The van der Waals surface area contributed by atoms with Gasteiger partial charge in [-0.05, 0) is 36.6 Å². The molecule has 1 atom stereocenters. The number of pyridine rings is 2. The van der Waals surface area contributed by atoms with Gasteiger partial charge in [-0.15, -0.1) is 0 Å². The molecule has 2 saturated heterocycles. The third kappa shape index (κ3) is 2.88. The fourth-order valence-electron chi connectivity index (χ4n) is 4.05. The summed E-state index contributed by atoms with van der Waals surface area (Å²) in [6, 6.07) is 9.30. The zero-order valence-corrected chi connectivity index (χ0v) is 13.9. The van der Waals surface area contributed by atoms with Crippen molar-refractivity contribution in [2.75, 3.05) is 13.1 Å². The maximum absolute atomic E-state index is 12.6. The normalized spacial score (nSPS) is 22.0. The number of nitrogens with zero attached hydrogens (tertiary/aromatic N) is 3. The number of rotatable bonds is 2. The molecular formula is C19H20N4O2. The van der Waals surface area contributed by atoms with E-state index in [4.69, 9.17) is 0 Å². The maximum Gasteiger partial charge on any atom is 0.272 e. The van der Waals surface area contributed by atoms with Crippen LogP contribution in [0.1, 0.15) is 41.2 Å². The highest BCUT2D eigenvalue weighted by atomic mass is 16.2. The second-order valence-electron chi connectivity index (χ2n) is 6.75. The maximum atomic E-state index is 12.6. The first-order valence-corrected chi connectivity index (χ1v) is 8.59. The van der Waals surface area contributed by atoms with Crippen molar-refractivity contribution >= 4 is 11.8 Å². The highest BCUT2D eigenvalue weighted by molar-refractivity contribution is 5.92. The molecule has 0 radical (unpaired) electrons. The van der Waals surface area contributed by atoms with Crippen molar-refractivity contribution in [1.29, 1.82) is 0 Å². The van der Waals surface area contributed by atoms with E-state index in [-0.39, 0.29) is 23.3 Å². The molecule has 6 heteroatoms. The molecule has 0 bridgehead atoms. The van der Waals surface area contributed by atoms with E-state index in [0.29, 0.717) is 25.2 Å². The van der Waals surface area contributed by atoms with E-state index in [1.165, 1.54) is 0 Å². The van der Waals surface area contributed by atoms with E-state index >= 15 is 0 Å². The highest BCUT2D eigenvalue weighted by Crippen LogP contribution is 2.42. The lowest BCUT2D eigenvalue weighted by atomic mass is 9.74. The summed E-state index contributed by atoms with van der Waals surface area (Å²) in [5.74, 6) is 0.150. The van der Waals surface area contributed by atoms with Crippen LogP contribution in [0.15, 0.2) is 48.9 Å². The Kier molecular flexibility index (Phi) is 3.95. The minimum absolute atomic E-state index is 0.0438. The van der Waals surface area contributed by atoms with Crippen molar-refractivity contribution in [3.63, 3.8) is 0 Å². The van der Waals surface area contributed by atoms with Crippen LogP contribution in [0.2, 0.25) is 0 Å². The summed E-state index contributed by atoms with van der Waals surface area (Å²) >= 11 is 0. The zero-order valence-electron chi connectivity index (χ0n) is 13.9. The molecule has 2 aliphatic heterocycles. The monoisotopic (exact) mass is 336 g/mol. The molecule has 2 aromatic heterocycles. The van der Waals surface area contributed by atoms with E-state index in [1.807, 2.05) is 29.3 Å². The molecular weight excluding hydrogens is 316 g/mol. The van der Waals surface area contributed by atoms with E-state index < -0.39 is 0 Å². The van der Waals surface area contributed by atoms with Crippen LogP contribution in [0.3, 0.4) is 0 Å². The summed E-state index contributed by atoms with van der Waals surface area (Å²) in [6.45, 7) is 1.24. The van der Waals surface area contributed by atoms with Gasteiger partial charge in [-0.2, -0.15) is 0 Å². The van der Waals surface area contributed by atoms with Crippen molar-refractivity contribution in [3.8, 4) is 0 Å². The summed E-state index contributed by atoms with van der Waals surface area (Å²) in [5, 5.41) is 3.20. The van der Waals surface area contributed by atoms with Crippen LogP contribution in [0.5, 0.6) is 0 Å². The highest BCUT2D eigenvalue weighted by Gasteiger charge is 2.49. The Balaban J connectivity index is 1.51. The van der Waals surface area contributed by atoms with Gasteiger partial charge in [0, 0.05) is 44.0 Å². The lowest BCUT2D eigenvalue weighted by Gasteiger charge is -2.42. The first-order valence-electron chi connectivity index (χ1n) is 8.59. The van der Waals surface area contributed by atoms with Gasteiger partial charge in [0.05, 0.1) is 5.54 Å². The second-order valence-corrected chi connectivity index (χ2v) is 6.75. The molecule has 0 aliphatic carbocycles. The summed E-state index contributed by atoms with van der Waals surface area (Å²) in [4.78, 5) is 34.9. The molecule has 2 aromatic rings. The van der Waals surface area contributed by atoms with E-state index in [0.717, 1.165) is 18.4 Å². The van der Waals surface area contributed by atoms with Gasteiger partial charge < -0.3 is 10.2 Å². The summed E-state index contributed by atoms with van der Waals surface area (Å²) in [7, 11) is 0. The van der Waals surface area contributed by atoms with Crippen molar-refractivity contribution in [1.82, 2.24) is 20.2 Å². The van der Waals surface area contributed by atoms with Crippen LogP contribution < -0.4 is 5.32 Å². The van der Waals surface area contributed by atoms with Crippen LogP contribution in [0.25, 0.3) is 0 Å². The lowest BCUT2D eigenvalue weighted by molar-refractivity contribution is -0.120. The third-order valence-corrected chi connectivity index (χ3v) is 5.36. The molecule has 4 rings (SSSR count). The van der Waals surface area contributed by atoms with Crippen molar-refractivity contribution in [2.45, 2.75) is 30.7 Å². The van der Waals surface area contributed by atoms with E-state index in [9.17, 15) is 9.59 Å². The molecule has 0 aromatic carbocycles. The molecule has 0 unspecified atom stereocenters. The molecule has 1 spiro atoms. The van der Waals surface area contributed by atoms with Crippen LogP contribution >= 0.6 is 0 Å². The number of hydrogen-bond donors (Lipinski definition) is 1. The van der Waals surface area contributed by atoms with Gasteiger partial charge >= 0.3 is 0 Å². The lowest BCUT2D eigenvalue weighted by Crippen LogP contribution is -2.54. The average molecular weight is 336 g/mol. The molecule has 2 fully saturated rings. The Hall–Kier alpha value is -2.76. The van der Waals surface area contributed by atoms with Gasteiger partial charge in [-0.1, -0.05) is 12.1 Å². The van der Waals surface area contributed by atoms with Crippen molar-refractivity contribution in [3.05, 3.63) is 60.2 Å². The Morgan fingerprint density at radius 3 is 2.68 bits per heavy atom. The molecule has 25 heavy (non-hydrogen) atoms. The number of piperidine rings is 1. The fraction of sp³-hybridized carbons (Fsp3) is 0.368. The molecule has 4 heterocycles. The largest absolute Gasteiger partial charge is 0.350 e. The number of aromatic nitrogens is 2. The number of likely N-dealkylation sites (tertiary alicyclic amines) is 1. The van der Waals surface area contributed by atoms with Crippen LogP contribution in [0.4, 0.5) is 0 Å². The topological polar surface area (TPSA) is 75.2 Å². The molecule has 1 N–H and O–H groups in total. The quantitative estimate of drug-likeness (QED) is 0.907. The molecule has 6 nitrogen and oxygen atoms in total. The van der Waals surface area contributed by atoms with Crippen molar-refractivity contribution < 1.29 is 9.59 Å². The molecule has 0 saturated carbocycles. The first kappa shape index (κ1) is 15.7. The molecule has 2 aliphatic rings. The minimum atomic E-state index is -0.277. The number of carbonyl (C=O) groups is 2. The first-order chi connectivity index (χ1) is 12.2. The average Bonchev–Trinajstić information content (AvgIpc) is 2.99. The SMILES string of the molecule is O=C1C[C@@H](c2cccnc2)C2(CCN(C(=O)c3ccccn3)CC2)N1. The van der Waals surface area contributed by atoms with Crippen LogP contribution in [-0.2, 0) is 4.79 Å². The Bertz CT molecular complexity index is 771.